The number of hydrogen-bond donors (Lipinski definition) is 4. The maximum Gasteiger partial charge on any atom is 0.186 e. The molecule has 4 N–H and O–H groups in total. The Morgan fingerprint density at radius 2 is 1.88 bits per heavy atom. The third kappa shape index (κ3) is 3.74. The van der Waals surface area contributed by atoms with Gasteiger partial charge in [-0.05, 0) is 12.8 Å². The summed E-state index contributed by atoms with van der Waals surface area (Å²) in [5.74, 6) is 0. The second-order valence-corrected chi connectivity index (χ2v) is 4.00. The molecule has 0 spiro atoms. The van der Waals surface area contributed by atoms with Crippen LogP contribution >= 0.6 is 0 Å². The van der Waals surface area contributed by atoms with E-state index in [4.69, 9.17) is 14.6 Å². The van der Waals surface area contributed by atoms with Crippen LogP contribution in [-0.4, -0.2) is 64.3 Å². The van der Waals surface area contributed by atoms with Gasteiger partial charge in [0, 0.05) is 0 Å². The molecule has 0 bridgehead atoms. The number of ether oxygens (including phenoxy) is 2. The number of allylic oxidation sites excluding steroid dienone is 1. The molecule has 100 valence electrons. The molecule has 1 saturated heterocycles. The first-order chi connectivity index (χ1) is 8.11. The quantitative estimate of drug-likeness (QED) is 0.347. The molecule has 6 nitrogen and oxygen atoms in total. The van der Waals surface area contributed by atoms with Crippen molar-refractivity contribution in [2.75, 3.05) is 13.2 Å². The van der Waals surface area contributed by atoms with Crippen LogP contribution in [0.1, 0.15) is 12.8 Å². The highest BCUT2D eigenvalue weighted by molar-refractivity contribution is 4.88. The number of aliphatic hydroxyl groups is 4. The lowest BCUT2D eigenvalue weighted by molar-refractivity contribution is -0.301. The zero-order chi connectivity index (χ0) is 12.8. The summed E-state index contributed by atoms with van der Waals surface area (Å²) in [5, 5.41) is 37.6. The van der Waals surface area contributed by atoms with Crippen molar-refractivity contribution in [3.63, 3.8) is 0 Å². The normalized spacial score (nSPS) is 38.0. The van der Waals surface area contributed by atoms with Crippen molar-refractivity contribution < 1.29 is 29.9 Å². The predicted molar refractivity (Wildman–Crippen MR) is 59.2 cm³/mol. The Hall–Kier alpha value is -0.500. The molecule has 5 unspecified atom stereocenters. The second-order valence-electron chi connectivity index (χ2n) is 4.00. The third-order valence-corrected chi connectivity index (χ3v) is 2.68. The first kappa shape index (κ1) is 14.6. The minimum absolute atomic E-state index is 0.342. The molecule has 0 radical (unpaired) electrons. The van der Waals surface area contributed by atoms with Gasteiger partial charge in [-0.25, -0.2) is 0 Å². The highest BCUT2D eigenvalue weighted by Gasteiger charge is 2.43. The van der Waals surface area contributed by atoms with Crippen LogP contribution in [0, 0.1) is 0 Å². The lowest BCUT2D eigenvalue weighted by atomic mass is 9.99. The Labute approximate surface area is 100 Å². The molecule has 5 atom stereocenters. The first-order valence-corrected chi connectivity index (χ1v) is 5.64. The average molecular weight is 248 g/mol. The van der Waals surface area contributed by atoms with E-state index in [1.165, 1.54) is 0 Å². The Kier molecular flexibility index (Phi) is 6.04. The number of unbranched alkanes of at least 4 members (excludes halogenated alkanes) is 1. The van der Waals surface area contributed by atoms with Crippen molar-refractivity contribution in [3.05, 3.63) is 12.7 Å². The van der Waals surface area contributed by atoms with Gasteiger partial charge in [-0.2, -0.15) is 0 Å². The van der Waals surface area contributed by atoms with Crippen molar-refractivity contribution in [1.82, 2.24) is 0 Å². The van der Waals surface area contributed by atoms with Crippen LogP contribution in [0.3, 0.4) is 0 Å². The van der Waals surface area contributed by atoms with E-state index in [0.29, 0.717) is 6.61 Å². The van der Waals surface area contributed by atoms with Gasteiger partial charge in [0.05, 0.1) is 13.2 Å². The van der Waals surface area contributed by atoms with Crippen molar-refractivity contribution >= 4 is 0 Å². The van der Waals surface area contributed by atoms with Crippen LogP contribution in [0.4, 0.5) is 0 Å². The topological polar surface area (TPSA) is 99.4 Å². The molecule has 0 aliphatic carbocycles. The zero-order valence-corrected chi connectivity index (χ0v) is 9.60. The smallest absolute Gasteiger partial charge is 0.186 e. The maximum atomic E-state index is 9.62. The predicted octanol–water partition coefficient (Wildman–Crippen LogP) is -1.23. The largest absolute Gasteiger partial charge is 0.394 e. The molecular formula is C11H20O6. The minimum atomic E-state index is -1.38. The maximum absolute atomic E-state index is 9.62. The van der Waals surface area contributed by atoms with Gasteiger partial charge < -0.3 is 29.9 Å². The van der Waals surface area contributed by atoms with E-state index in [1.54, 1.807) is 6.08 Å². The van der Waals surface area contributed by atoms with Gasteiger partial charge in [-0.1, -0.05) is 6.08 Å². The van der Waals surface area contributed by atoms with Crippen LogP contribution in [-0.2, 0) is 9.47 Å². The van der Waals surface area contributed by atoms with Gasteiger partial charge in [0.15, 0.2) is 6.29 Å². The molecule has 0 aromatic heterocycles. The second kappa shape index (κ2) is 7.05. The molecular weight excluding hydrogens is 228 g/mol. The van der Waals surface area contributed by atoms with Gasteiger partial charge in [-0.3, -0.25) is 0 Å². The third-order valence-electron chi connectivity index (χ3n) is 2.68. The Morgan fingerprint density at radius 1 is 1.18 bits per heavy atom. The molecule has 1 rings (SSSR count). The number of rotatable bonds is 6. The van der Waals surface area contributed by atoms with Crippen LogP contribution in [0.15, 0.2) is 12.7 Å². The summed E-state index contributed by atoms with van der Waals surface area (Å²) in [6.45, 7) is 3.46. The van der Waals surface area contributed by atoms with Crippen LogP contribution in [0.25, 0.3) is 0 Å². The van der Waals surface area contributed by atoms with Crippen LogP contribution in [0.5, 0.6) is 0 Å². The van der Waals surface area contributed by atoms with E-state index >= 15 is 0 Å². The highest BCUT2D eigenvalue weighted by Crippen LogP contribution is 2.21. The summed E-state index contributed by atoms with van der Waals surface area (Å²) in [6, 6.07) is 0. The summed E-state index contributed by atoms with van der Waals surface area (Å²) in [4.78, 5) is 0. The van der Waals surface area contributed by atoms with E-state index in [2.05, 4.69) is 6.58 Å². The van der Waals surface area contributed by atoms with Gasteiger partial charge in [0.2, 0.25) is 0 Å². The number of aliphatic hydroxyl groups excluding tert-OH is 4. The molecule has 1 aliphatic rings. The summed E-state index contributed by atoms with van der Waals surface area (Å²) in [6.07, 6.45) is -2.76. The Morgan fingerprint density at radius 3 is 2.47 bits per heavy atom. The average Bonchev–Trinajstić information content (AvgIpc) is 2.34. The summed E-state index contributed by atoms with van der Waals surface area (Å²) in [7, 11) is 0. The summed E-state index contributed by atoms with van der Waals surface area (Å²) >= 11 is 0. The standard InChI is InChI=1S/C11H20O6/c1-2-3-4-5-16-11-10(15)9(14)8(13)7(6-12)17-11/h2,7-15H,1,3-6H2. The Bertz CT molecular complexity index is 232. The summed E-state index contributed by atoms with van der Waals surface area (Å²) in [5.41, 5.74) is 0. The van der Waals surface area contributed by atoms with Crippen molar-refractivity contribution in [1.29, 1.82) is 0 Å². The van der Waals surface area contributed by atoms with E-state index in [1.807, 2.05) is 0 Å². The summed E-state index contributed by atoms with van der Waals surface area (Å²) < 4.78 is 10.4. The van der Waals surface area contributed by atoms with Gasteiger partial charge >= 0.3 is 0 Å². The van der Waals surface area contributed by atoms with E-state index in [9.17, 15) is 15.3 Å². The molecule has 0 amide bonds. The fourth-order valence-corrected chi connectivity index (χ4v) is 1.63. The lowest BCUT2D eigenvalue weighted by Crippen LogP contribution is -2.59. The van der Waals surface area contributed by atoms with Gasteiger partial charge in [0.1, 0.15) is 24.4 Å². The first-order valence-electron chi connectivity index (χ1n) is 5.64. The lowest BCUT2D eigenvalue weighted by Gasteiger charge is -2.39. The molecule has 6 heteroatoms. The Balaban J connectivity index is 2.44. The van der Waals surface area contributed by atoms with Crippen molar-refractivity contribution in [3.8, 4) is 0 Å². The van der Waals surface area contributed by atoms with Crippen molar-refractivity contribution in [2.45, 2.75) is 43.5 Å². The van der Waals surface area contributed by atoms with Gasteiger partial charge in [0.25, 0.3) is 0 Å². The van der Waals surface area contributed by atoms with Gasteiger partial charge in [-0.15, -0.1) is 6.58 Å². The van der Waals surface area contributed by atoms with E-state index in [0.717, 1.165) is 12.8 Å². The molecule has 17 heavy (non-hydrogen) atoms. The molecule has 0 aromatic carbocycles. The molecule has 1 aliphatic heterocycles. The number of hydrogen-bond acceptors (Lipinski definition) is 6. The zero-order valence-electron chi connectivity index (χ0n) is 9.60. The van der Waals surface area contributed by atoms with E-state index < -0.39 is 37.3 Å². The van der Waals surface area contributed by atoms with E-state index in [-0.39, 0.29) is 0 Å². The van der Waals surface area contributed by atoms with Crippen LogP contribution in [0.2, 0.25) is 0 Å². The monoisotopic (exact) mass is 248 g/mol. The molecule has 0 aromatic rings. The fraction of sp³-hybridized carbons (Fsp3) is 0.818. The minimum Gasteiger partial charge on any atom is -0.394 e. The van der Waals surface area contributed by atoms with Crippen LogP contribution < -0.4 is 0 Å². The molecule has 0 saturated carbocycles. The van der Waals surface area contributed by atoms with Crippen molar-refractivity contribution in [2.24, 2.45) is 0 Å². The molecule has 1 fully saturated rings. The highest BCUT2D eigenvalue weighted by atomic mass is 16.7. The molecule has 1 heterocycles. The SMILES string of the molecule is C=CCCCOC1OC(CO)C(O)C(O)C1O. The fourth-order valence-electron chi connectivity index (χ4n) is 1.63.